The Kier molecular flexibility index (Phi) is 9.77. The third-order valence-electron chi connectivity index (χ3n) is 10.5. The van der Waals surface area contributed by atoms with Gasteiger partial charge in [-0.2, -0.15) is 0 Å². The molecule has 3 aliphatic rings. The van der Waals surface area contributed by atoms with E-state index < -0.39 is 0 Å². The number of hydrogen-bond acceptors (Lipinski definition) is 3. The lowest BCUT2D eigenvalue weighted by atomic mass is 9.79. The number of carbonyl (C=O) groups is 3. The van der Waals surface area contributed by atoms with Crippen molar-refractivity contribution < 1.29 is 14.4 Å². The summed E-state index contributed by atoms with van der Waals surface area (Å²) in [6, 6.07) is 5.35. The van der Waals surface area contributed by atoms with Crippen LogP contribution < -0.4 is 16.0 Å². The standard InChI is InChI=1S/C33H51N3O3/c1-19-7-10-28(13-22(19)4)34-31(37)25-16-26(32(38)35-29-11-8-20(2)23(5)14-29)18-27(17-25)33(39)36-30-12-9-21(3)24(6)15-30/h16-24,28-30H,7-15H2,1-6H3,(H,34,37)(H,35,38)(H,36,39). The smallest absolute Gasteiger partial charge is 0.251 e. The van der Waals surface area contributed by atoms with Gasteiger partial charge in [-0.1, -0.05) is 41.5 Å². The first-order valence-electron chi connectivity index (χ1n) is 15.6. The molecule has 6 nitrogen and oxygen atoms in total. The fourth-order valence-corrected chi connectivity index (χ4v) is 6.86. The molecule has 0 aromatic heterocycles. The molecule has 1 aromatic rings. The zero-order valence-electron chi connectivity index (χ0n) is 25.0. The zero-order chi connectivity index (χ0) is 28.3. The highest BCUT2D eigenvalue weighted by molar-refractivity contribution is 6.04. The van der Waals surface area contributed by atoms with Crippen LogP contribution in [0, 0.1) is 35.5 Å². The topological polar surface area (TPSA) is 87.3 Å². The Labute approximate surface area is 235 Å². The highest BCUT2D eigenvalue weighted by Gasteiger charge is 2.29. The van der Waals surface area contributed by atoms with Crippen molar-refractivity contribution in [3.05, 3.63) is 34.9 Å². The summed E-state index contributed by atoms with van der Waals surface area (Å²) in [4.78, 5) is 40.2. The molecule has 216 valence electrons. The van der Waals surface area contributed by atoms with Crippen LogP contribution >= 0.6 is 0 Å². The SMILES string of the molecule is CC1CCC(NC(=O)c2cc(C(=O)NC3CCC(C)C(C)C3)cc(C(=O)NC3CCC(C)C(C)C3)c2)CC1C. The fraction of sp³-hybridized carbons (Fsp3) is 0.727. The molecule has 0 spiro atoms. The van der Waals surface area contributed by atoms with E-state index in [0.717, 1.165) is 57.8 Å². The molecule has 0 saturated heterocycles. The predicted octanol–water partition coefficient (Wildman–Crippen LogP) is 6.35. The Bertz CT molecular complexity index is 898. The van der Waals surface area contributed by atoms with Crippen molar-refractivity contribution in [3.63, 3.8) is 0 Å². The van der Waals surface area contributed by atoms with E-state index in [1.165, 1.54) is 0 Å². The number of amides is 3. The molecule has 9 atom stereocenters. The van der Waals surface area contributed by atoms with Crippen LogP contribution in [0.5, 0.6) is 0 Å². The van der Waals surface area contributed by atoms with Crippen molar-refractivity contribution in [3.8, 4) is 0 Å². The third kappa shape index (κ3) is 7.64. The van der Waals surface area contributed by atoms with Crippen LogP contribution in [0.25, 0.3) is 0 Å². The highest BCUT2D eigenvalue weighted by atomic mass is 16.2. The van der Waals surface area contributed by atoms with E-state index >= 15 is 0 Å². The van der Waals surface area contributed by atoms with Gasteiger partial charge >= 0.3 is 0 Å². The molecule has 3 N–H and O–H groups in total. The van der Waals surface area contributed by atoms with Crippen LogP contribution in [-0.2, 0) is 0 Å². The highest BCUT2D eigenvalue weighted by Crippen LogP contribution is 2.31. The summed E-state index contributed by atoms with van der Waals surface area (Å²) in [6.45, 7) is 13.6. The van der Waals surface area contributed by atoms with Crippen LogP contribution in [-0.4, -0.2) is 35.8 Å². The average molecular weight is 538 g/mol. The molecular weight excluding hydrogens is 486 g/mol. The van der Waals surface area contributed by atoms with Crippen molar-refractivity contribution >= 4 is 17.7 Å². The molecule has 3 aliphatic carbocycles. The van der Waals surface area contributed by atoms with Crippen molar-refractivity contribution in [2.45, 2.75) is 117 Å². The van der Waals surface area contributed by atoms with Crippen LogP contribution in [0.3, 0.4) is 0 Å². The van der Waals surface area contributed by atoms with E-state index in [0.29, 0.717) is 52.2 Å². The molecule has 0 radical (unpaired) electrons. The average Bonchev–Trinajstić information content (AvgIpc) is 2.90. The quantitative estimate of drug-likeness (QED) is 0.395. The van der Waals surface area contributed by atoms with Crippen molar-refractivity contribution in [1.82, 2.24) is 16.0 Å². The lowest BCUT2D eigenvalue weighted by Crippen LogP contribution is -2.41. The van der Waals surface area contributed by atoms with E-state index in [1.54, 1.807) is 18.2 Å². The van der Waals surface area contributed by atoms with E-state index in [2.05, 4.69) is 57.5 Å². The zero-order valence-corrected chi connectivity index (χ0v) is 25.0. The Hall–Kier alpha value is -2.37. The van der Waals surface area contributed by atoms with Gasteiger partial charge in [0.15, 0.2) is 0 Å². The maximum atomic E-state index is 13.4. The number of carbonyl (C=O) groups excluding carboxylic acids is 3. The molecule has 1 aromatic carbocycles. The largest absolute Gasteiger partial charge is 0.349 e. The van der Waals surface area contributed by atoms with E-state index in [9.17, 15) is 14.4 Å². The first-order valence-corrected chi connectivity index (χ1v) is 15.6. The molecule has 3 fully saturated rings. The minimum Gasteiger partial charge on any atom is -0.349 e. The van der Waals surface area contributed by atoms with Gasteiger partial charge in [0.2, 0.25) is 0 Å². The fourth-order valence-electron chi connectivity index (χ4n) is 6.86. The predicted molar refractivity (Wildman–Crippen MR) is 157 cm³/mol. The number of rotatable bonds is 6. The Morgan fingerprint density at radius 1 is 0.462 bits per heavy atom. The lowest BCUT2D eigenvalue weighted by Gasteiger charge is -2.33. The molecule has 6 heteroatoms. The monoisotopic (exact) mass is 537 g/mol. The Morgan fingerprint density at radius 2 is 0.718 bits per heavy atom. The molecule has 9 unspecified atom stereocenters. The minimum absolute atomic E-state index is 0.120. The normalized spacial score (nSPS) is 35.1. The number of nitrogens with one attached hydrogen (secondary N) is 3. The van der Waals surface area contributed by atoms with Gasteiger partial charge in [0.25, 0.3) is 17.7 Å². The second kappa shape index (κ2) is 12.9. The molecule has 0 aliphatic heterocycles. The van der Waals surface area contributed by atoms with Crippen LogP contribution in [0.2, 0.25) is 0 Å². The first kappa shape index (κ1) is 29.6. The molecule has 39 heavy (non-hydrogen) atoms. The van der Waals surface area contributed by atoms with Gasteiger partial charge in [0.1, 0.15) is 0 Å². The second-order valence-corrected chi connectivity index (χ2v) is 13.6. The summed E-state index contributed by atoms with van der Waals surface area (Å²) < 4.78 is 0. The van der Waals surface area contributed by atoms with Gasteiger partial charge in [-0.15, -0.1) is 0 Å². The van der Waals surface area contributed by atoms with E-state index in [4.69, 9.17) is 0 Å². The lowest BCUT2D eigenvalue weighted by molar-refractivity contribution is 0.0909. The summed E-state index contributed by atoms with van der Waals surface area (Å²) in [5.74, 6) is 3.06. The maximum absolute atomic E-state index is 13.4. The van der Waals surface area contributed by atoms with Crippen molar-refractivity contribution in [2.75, 3.05) is 0 Å². The van der Waals surface area contributed by atoms with Gasteiger partial charge in [0.05, 0.1) is 0 Å². The van der Waals surface area contributed by atoms with Gasteiger partial charge in [-0.05, 0) is 111 Å². The van der Waals surface area contributed by atoms with Gasteiger partial charge in [-0.3, -0.25) is 14.4 Å². The summed E-state index contributed by atoms with van der Waals surface area (Å²) in [7, 11) is 0. The Balaban J connectivity index is 1.52. The molecule has 0 bridgehead atoms. The number of hydrogen-bond donors (Lipinski definition) is 3. The van der Waals surface area contributed by atoms with Crippen LogP contribution in [0.1, 0.15) is 130 Å². The van der Waals surface area contributed by atoms with Crippen LogP contribution in [0.15, 0.2) is 18.2 Å². The Morgan fingerprint density at radius 3 is 0.949 bits per heavy atom. The second-order valence-electron chi connectivity index (χ2n) is 13.6. The third-order valence-corrected chi connectivity index (χ3v) is 10.5. The van der Waals surface area contributed by atoms with Crippen molar-refractivity contribution in [2.24, 2.45) is 35.5 Å². The molecule has 4 rings (SSSR count). The van der Waals surface area contributed by atoms with Crippen molar-refractivity contribution in [1.29, 1.82) is 0 Å². The van der Waals surface area contributed by atoms with Gasteiger partial charge < -0.3 is 16.0 Å². The summed E-state index contributed by atoms with van der Waals surface area (Å²) in [5, 5.41) is 9.60. The summed E-state index contributed by atoms with van der Waals surface area (Å²) in [6.07, 6.45) is 9.03. The molecule has 3 amide bonds. The molecular formula is C33H51N3O3. The van der Waals surface area contributed by atoms with E-state index in [-0.39, 0.29) is 35.8 Å². The summed E-state index contributed by atoms with van der Waals surface area (Å²) in [5.41, 5.74) is 1.15. The maximum Gasteiger partial charge on any atom is 0.251 e. The van der Waals surface area contributed by atoms with E-state index in [1.807, 2.05) is 0 Å². The van der Waals surface area contributed by atoms with Gasteiger partial charge in [-0.25, -0.2) is 0 Å². The first-order chi connectivity index (χ1) is 18.5. The minimum atomic E-state index is -0.203. The summed E-state index contributed by atoms with van der Waals surface area (Å²) >= 11 is 0. The van der Waals surface area contributed by atoms with Crippen LogP contribution in [0.4, 0.5) is 0 Å². The van der Waals surface area contributed by atoms with Gasteiger partial charge in [0, 0.05) is 34.8 Å². The molecule has 0 heterocycles. The number of benzene rings is 1. The molecule has 3 saturated carbocycles.